The summed E-state index contributed by atoms with van der Waals surface area (Å²) in [6, 6.07) is 3.77. The topological polar surface area (TPSA) is 49.7 Å². The Balaban J connectivity index is 3.28. The van der Waals surface area contributed by atoms with Crippen molar-refractivity contribution >= 4 is 0 Å². The molecular weight excluding hydrogens is 204 g/mol. The molecule has 3 nitrogen and oxygen atoms in total. The van der Waals surface area contributed by atoms with Crippen LogP contribution in [0.15, 0.2) is 12.1 Å². The van der Waals surface area contributed by atoms with Gasteiger partial charge < -0.3 is 14.9 Å². The zero-order chi connectivity index (χ0) is 12.3. The van der Waals surface area contributed by atoms with Gasteiger partial charge in [-0.3, -0.25) is 0 Å². The number of ether oxygens (including phenoxy) is 1. The highest BCUT2D eigenvalue weighted by atomic mass is 16.5. The summed E-state index contributed by atoms with van der Waals surface area (Å²) in [5.74, 6) is 0.136. The Labute approximate surface area is 96.7 Å². The second-order valence-corrected chi connectivity index (χ2v) is 4.98. The van der Waals surface area contributed by atoms with E-state index in [1.54, 1.807) is 7.11 Å². The predicted octanol–water partition coefficient (Wildman–Crippen LogP) is 2.33. The minimum Gasteiger partial charge on any atom is -0.507 e. The van der Waals surface area contributed by atoms with Gasteiger partial charge in [-0.1, -0.05) is 20.8 Å². The third-order valence-electron chi connectivity index (χ3n) is 2.60. The van der Waals surface area contributed by atoms with Gasteiger partial charge in [0.1, 0.15) is 5.75 Å². The van der Waals surface area contributed by atoms with Crippen molar-refractivity contribution in [2.75, 3.05) is 7.11 Å². The van der Waals surface area contributed by atoms with E-state index in [0.29, 0.717) is 12.2 Å². The van der Waals surface area contributed by atoms with Crippen molar-refractivity contribution in [3.05, 3.63) is 28.8 Å². The van der Waals surface area contributed by atoms with Crippen LogP contribution in [0.2, 0.25) is 0 Å². The number of hydrogen-bond donors (Lipinski definition) is 2. The number of methoxy groups -OCH3 is 1. The highest BCUT2D eigenvalue weighted by molar-refractivity contribution is 5.45. The lowest BCUT2D eigenvalue weighted by Gasteiger charge is -2.22. The first-order chi connectivity index (χ1) is 7.40. The van der Waals surface area contributed by atoms with E-state index < -0.39 is 0 Å². The summed E-state index contributed by atoms with van der Waals surface area (Å²) in [4.78, 5) is 0. The van der Waals surface area contributed by atoms with E-state index in [4.69, 9.17) is 4.74 Å². The Kier molecular flexibility index (Phi) is 3.94. The summed E-state index contributed by atoms with van der Waals surface area (Å²) >= 11 is 0. The molecule has 3 heteroatoms. The average molecular weight is 224 g/mol. The fraction of sp³-hybridized carbons (Fsp3) is 0.538. The predicted molar refractivity (Wildman–Crippen MR) is 63.4 cm³/mol. The Morgan fingerprint density at radius 3 is 2.19 bits per heavy atom. The first kappa shape index (κ1) is 13.0. The second-order valence-electron chi connectivity index (χ2n) is 4.98. The highest BCUT2D eigenvalue weighted by Crippen LogP contribution is 2.31. The molecule has 0 unspecified atom stereocenters. The quantitative estimate of drug-likeness (QED) is 0.828. The van der Waals surface area contributed by atoms with Gasteiger partial charge in [-0.15, -0.1) is 0 Å². The fourth-order valence-electron chi connectivity index (χ4n) is 1.58. The molecule has 0 bridgehead atoms. The molecule has 2 N–H and O–H groups in total. The number of rotatable bonds is 3. The second kappa shape index (κ2) is 4.85. The van der Waals surface area contributed by atoms with E-state index in [9.17, 15) is 10.2 Å². The SMILES string of the molecule is COCc1cc(C(C)(C)C)cc(CO)c1O. The monoisotopic (exact) mass is 224 g/mol. The van der Waals surface area contributed by atoms with Crippen LogP contribution in [0.1, 0.15) is 37.5 Å². The van der Waals surface area contributed by atoms with Gasteiger partial charge in [0.15, 0.2) is 0 Å². The van der Waals surface area contributed by atoms with Crippen molar-refractivity contribution in [1.29, 1.82) is 0 Å². The molecule has 0 heterocycles. The molecule has 0 amide bonds. The van der Waals surface area contributed by atoms with E-state index in [1.165, 1.54) is 0 Å². The normalized spacial score (nSPS) is 11.8. The van der Waals surface area contributed by atoms with Crippen molar-refractivity contribution < 1.29 is 14.9 Å². The molecule has 0 spiro atoms. The van der Waals surface area contributed by atoms with Crippen molar-refractivity contribution in [2.24, 2.45) is 0 Å². The maximum atomic E-state index is 9.87. The number of aromatic hydroxyl groups is 1. The Morgan fingerprint density at radius 1 is 1.19 bits per heavy atom. The molecule has 0 aromatic heterocycles. The number of aliphatic hydroxyl groups is 1. The fourth-order valence-corrected chi connectivity index (χ4v) is 1.58. The summed E-state index contributed by atoms with van der Waals surface area (Å²) < 4.78 is 5.03. The van der Waals surface area contributed by atoms with Crippen molar-refractivity contribution in [3.63, 3.8) is 0 Å². The largest absolute Gasteiger partial charge is 0.507 e. The van der Waals surface area contributed by atoms with Gasteiger partial charge in [-0.05, 0) is 23.1 Å². The molecule has 0 atom stereocenters. The Bertz CT molecular complexity index is 364. The number of benzene rings is 1. The lowest BCUT2D eigenvalue weighted by molar-refractivity contribution is 0.181. The lowest BCUT2D eigenvalue weighted by atomic mass is 9.85. The van der Waals surface area contributed by atoms with Crippen LogP contribution in [-0.2, 0) is 23.4 Å². The maximum absolute atomic E-state index is 9.87. The van der Waals surface area contributed by atoms with Crippen LogP contribution in [0.3, 0.4) is 0 Å². The summed E-state index contributed by atoms with van der Waals surface area (Å²) in [6.45, 7) is 6.47. The molecule has 1 aromatic carbocycles. The van der Waals surface area contributed by atoms with E-state index in [1.807, 2.05) is 12.1 Å². The molecule has 0 saturated carbocycles. The Morgan fingerprint density at radius 2 is 1.75 bits per heavy atom. The standard InChI is InChI=1S/C13H20O3/c1-13(2,3)11-5-9(7-14)12(15)10(6-11)8-16-4/h5-6,14-15H,7-8H2,1-4H3. The molecule has 0 radical (unpaired) electrons. The highest BCUT2D eigenvalue weighted by Gasteiger charge is 2.18. The van der Waals surface area contributed by atoms with Gasteiger partial charge in [-0.2, -0.15) is 0 Å². The molecule has 90 valence electrons. The summed E-state index contributed by atoms with van der Waals surface area (Å²) in [7, 11) is 1.59. The van der Waals surface area contributed by atoms with E-state index in [0.717, 1.165) is 11.1 Å². The van der Waals surface area contributed by atoms with E-state index >= 15 is 0 Å². The van der Waals surface area contributed by atoms with Crippen molar-refractivity contribution in [1.82, 2.24) is 0 Å². The molecule has 0 aliphatic heterocycles. The third-order valence-corrected chi connectivity index (χ3v) is 2.60. The Hall–Kier alpha value is -1.06. The summed E-state index contributed by atoms with van der Waals surface area (Å²) in [6.07, 6.45) is 0. The van der Waals surface area contributed by atoms with Crippen molar-refractivity contribution in [3.8, 4) is 5.75 Å². The summed E-state index contributed by atoms with van der Waals surface area (Å²) in [5.41, 5.74) is 2.35. The molecule has 0 saturated heterocycles. The van der Waals surface area contributed by atoms with Crippen LogP contribution in [-0.4, -0.2) is 17.3 Å². The molecule has 16 heavy (non-hydrogen) atoms. The molecule has 0 aliphatic carbocycles. The first-order valence-electron chi connectivity index (χ1n) is 5.35. The van der Waals surface area contributed by atoms with E-state index in [-0.39, 0.29) is 17.8 Å². The van der Waals surface area contributed by atoms with Crippen LogP contribution in [0.25, 0.3) is 0 Å². The molecule has 1 rings (SSSR count). The molecular formula is C13H20O3. The van der Waals surface area contributed by atoms with Crippen molar-refractivity contribution in [2.45, 2.75) is 39.4 Å². The number of hydrogen-bond acceptors (Lipinski definition) is 3. The van der Waals surface area contributed by atoms with Crippen LogP contribution in [0.4, 0.5) is 0 Å². The zero-order valence-electron chi connectivity index (χ0n) is 10.4. The number of aliphatic hydroxyl groups excluding tert-OH is 1. The number of phenols is 1. The first-order valence-corrected chi connectivity index (χ1v) is 5.35. The maximum Gasteiger partial charge on any atom is 0.126 e. The van der Waals surface area contributed by atoms with Gasteiger partial charge in [0.05, 0.1) is 13.2 Å². The van der Waals surface area contributed by atoms with Gasteiger partial charge in [0.2, 0.25) is 0 Å². The zero-order valence-corrected chi connectivity index (χ0v) is 10.4. The lowest BCUT2D eigenvalue weighted by Crippen LogP contribution is -2.12. The van der Waals surface area contributed by atoms with Crippen LogP contribution in [0.5, 0.6) is 5.75 Å². The average Bonchev–Trinajstić information content (AvgIpc) is 2.19. The molecule has 0 fully saturated rings. The third kappa shape index (κ3) is 2.74. The van der Waals surface area contributed by atoms with Crippen LogP contribution < -0.4 is 0 Å². The summed E-state index contributed by atoms with van der Waals surface area (Å²) in [5, 5.41) is 19.1. The van der Waals surface area contributed by atoms with E-state index in [2.05, 4.69) is 20.8 Å². The minimum atomic E-state index is -0.160. The van der Waals surface area contributed by atoms with Gasteiger partial charge in [0, 0.05) is 18.2 Å². The van der Waals surface area contributed by atoms with Crippen LogP contribution in [0, 0.1) is 0 Å². The minimum absolute atomic E-state index is 0.0138. The molecule has 1 aromatic rings. The smallest absolute Gasteiger partial charge is 0.126 e. The van der Waals surface area contributed by atoms with Gasteiger partial charge in [0.25, 0.3) is 0 Å². The molecule has 0 aliphatic rings. The van der Waals surface area contributed by atoms with Gasteiger partial charge >= 0.3 is 0 Å². The van der Waals surface area contributed by atoms with Gasteiger partial charge in [-0.25, -0.2) is 0 Å². The van der Waals surface area contributed by atoms with Crippen LogP contribution >= 0.6 is 0 Å².